The number of nitro benzene ring substituents is 1. The van der Waals surface area contributed by atoms with Crippen LogP contribution in [0.3, 0.4) is 0 Å². The number of nitrogens with one attached hydrogen (secondary N) is 1. The SMILES string of the molecule is Cc1ccc(CNc2ccc(Br)cc2[N+](=O)[O-])o1. The molecule has 1 N–H and O–H groups in total. The van der Waals surface area contributed by atoms with E-state index in [2.05, 4.69) is 21.2 Å². The molecule has 1 heterocycles. The molecule has 0 radical (unpaired) electrons. The van der Waals surface area contributed by atoms with Crippen LogP contribution >= 0.6 is 15.9 Å². The van der Waals surface area contributed by atoms with Crippen LogP contribution in [0.4, 0.5) is 11.4 Å². The monoisotopic (exact) mass is 310 g/mol. The number of nitro groups is 1. The van der Waals surface area contributed by atoms with E-state index in [1.54, 1.807) is 12.1 Å². The van der Waals surface area contributed by atoms with Crippen LogP contribution in [-0.2, 0) is 6.54 Å². The van der Waals surface area contributed by atoms with Crippen molar-refractivity contribution >= 4 is 27.3 Å². The number of anilines is 1. The number of benzene rings is 1. The minimum atomic E-state index is -0.416. The van der Waals surface area contributed by atoms with Crippen LogP contribution in [0.2, 0.25) is 0 Å². The van der Waals surface area contributed by atoms with Crippen molar-refractivity contribution in [2.45, 2.75) is 13.5 Å². The molecule has 0 fully saturated rings. The molecule has 0 aliphatic rings. The highest BCUT2D eigenvalue weighted by atomic mass is 79.9. The summed E-state index contributed by atoms with van der Waals surface area (Å²) in [7, 11) is 0. The van der Waals surface area contributed by atoms with Gasteiger partial charge in [0, 0.05) is 10.5 Å². The number of nitrogens with zero attached hydrogens (tertiary/aromatic N) is 1. The van der Waals surface area contributed by atoms with E-state index in [4.69, 9.17) is 4.42 Å². The Morgan fingerprint density at radius 1 is 1.39 bits per heavy atom. The van der Waals surface area contributed by atoms with E-state index in [0.717, 1.165) is 11.5 Å². The van der Waals surface area contributed by atoms with E-state index in [0.29, 0.717) is 16.7 Å². The second-order valence-electron chi connectivity index (χ2n) is 3.78. The number of halogens is 1. The smallest absolute Gasteiger partial charge is 0.293 e. The molecule has 2 rings (SSSR count). The zero-order valence-electron chi connectivity index (χ0n) is 9.64. The molecule has 5 nitrogen and oxygen atoms in total. The van der Waals surface area contributed by atoms with Crippen molar-refractivity contribution in [1.29, 1.82) is 0 Å². The van der Waals surface area contributed by atoms with Gasteiger partial charge in [-0.3, -0.25) is 10.1 Å². The summed E-state index contributed by atoms with van der Waals surface area (Å²) in [6, 6.07) is 8.58. The highest BCUT2D eigenvalue weighted by Gasteiger charge is 2.14. The highest BCUT2D eigenvalue weighted by Crippen LogP contribution is 2.28. The van der Waals surface area contributed by atoms with Crippen molar-refractivity contribution in [2.75, 3.05) is 5.32 Å². The topological polar surface area (TPSA) is 68.3 Å². The molecule has 0 amide bonds. The number of furan rings is 1. The lowest BCUT2D eigenvalue weighted by atomic mass is 10.2. The average molecular weight is 311 g/mol. The first kappa shape index (κ1) is 12.6. The van der Waals surface area contributed by atoms with Crippen molar-refractivity contribution in [2.24, 2.45) is 0 Å². The summed E-state index contributed by atoms with van der Waals surface area (Å²) in [5, 5.41) is 13.9. The molecule has 0 aliphatic carbocycles. The molecule has 0 aliphatic heterocycles. The first-order valence-electron chi connectivity index (χ1n) is 5.29. The van der Waals surface area contributed by atoms with E-state index in [1.807, 2.05) is 19.1 Å². The summed E-state index contributed by atoms with van der Waals surface area (Å²) in [5.41, 5.74) is 0.505. The molecule has 6 heteroatoms. The van der Waals surface area contributed by atoms with Gasteiger partial charge in [0.05, 0.1) is 11.5 Å². The average Bonchev–Trinajstić information content (AvgIpc) is 2.73. The Bertz CT molecular complexity index is 580. The van der Waals surface area contributed by atoms with Gasteiger partial charge in [-0.2, -0.15) is 0 Å². The fraction of sp³-hybridized carbons (Fsp3) is 0.167. The van der Waals surface area contributed by atoms with Crippen LogP contribution in [-0.4, -0.2) is 4.92 Å². The molecule has 0 saturated carbocycles. The van der Waals surface area contributed by atoms with E-state index in [-0.39, 0.29) is 5.69 Å². The van der Waals surface area contributed by atoms with Gasteiger partial charge in [-0.15, -0.1) is 0 Å². The predicted octanol–water partition coefficient (Wildman–Crippen LogP) is 3.87. The van der Waals surface area contributed by atoms with Gasteiger partial charge in [-0.25, -0.2) is 0 Å². The lowest BCUT2D eigenvalue weighted by Gasteiger charge is -2.05. The number of hydrogen-bond acceptors (Lipinski definition) is 4. The number of rotatable bonds is 4. The molecule has 18 heavy (non-hydrogen) atoms. The second-order valence-corrected chi connectivity index (χ2v) is 4.70. The second kappa shape index (κ2) is 5.22. The summed E-state index contributed by atoms with van der Waals surface area (Å²) < 4.78 is 6.06. The fourth-order valence-corrected chi connectivity index (χ4v) is 1.92. The van der Waals surface area contributed by atoms with Gasteiger partial charge in [0.15, 0.2) is 0 Å². The van der Waals surface area contributed by atoms with E-state index >= 15 is 0 Å². The maximum absolute atomic E-state index is 10.9. The van der Waals surface area contributed by atoms with Gasteiger partial charge in [0.1, 0.15) is 17.2 Å². The summed E-state index contributed by atoms with van der Waals surface area (Å²) in [6.07, 6.45) is 0. The van der Waals surface area contributed by atoms with E-state index in [1.165, 1.54) is 6.07 Å². The van der Waals surface area contributed by atoms with Crippen LogP contribution in [0.5, 0.6) is 0 Å². The molecule has 1 aromatic carbocycles. The molecule has 0 spiro atoms. The Hall–Kier alpha value is -1.82. The van der Waals surface area contributed by atoms with Gasteiger partial charge in [0.2, 0.25) is 0 Å². The Balaban J connectivity index is 2.16. The van der Waals surface area contributed by atoms with Crippen LogP contribution in [0, 0.1) is 17.0 Å². The minimum Gasteiger partial charge on any atom is -0.465 e. The molecular formula is C12H11BrN2O3. The van der Waals surface area contributed by atoms with Crippen molar-refractivity contribution in [3.05, 3.63) is 56.4 Å². The van der Waals surface area contributed by atoms with E-state index < -0.39 is 4.92 Å². The van der Waals surface area contributed by atoms with Gasteiger partial charge < -0.3 is 9.73 Å². The molecule has 94 valence electrons. The van der Waals surface area contributed by atoms with Crippen LogP contribution in [0.15, 0.2) is 39.2 Å². The standard InChI is InChI=1S/C12H11BrN2O3/c1-8-2-4-10(18-8)7-14-11-5-3-9(13)6-12(11)15(16)17/h2-6,14H,7H2,1H3. The van der Waals surface area contributed by atoms with Crippen molar-refractivity contribution < 1.29 is 9.34 Å². The molecule has 1 aromatic heterocycles. The Morgan fingerprint density at radius 3 is 2.78 bits per heavy atom. The third-order valence-corrected chi connectivity index (χ3v) is 2.90. The van der Waals surface area contributed by atoms with Crippen molar-refractivity contribution in [1.82, 2.24) is 0 Å². The highest BCUT2D eigenvalue weighted by molar-refractivity contribution is 9.10. The van der Waals surface area contributed by atoms with Gasteiger partial charge in [-0.05, 0) is 31.2 Å². The predicted molar refractivity (Wildman–Crippen MR) is 71.6 cm³/mol. The molecule has 0 bridgehead atoms. The van der Waals surface area contributed by atoms with Crippen molar-refractivity contribution in [3.8, 4) is 0 Å². The maximum atomic E-state index is 10.9. The zero-order chi connectivity index (χ0) is 13.1. The van der Waals surface area contributed by atoms with Crippen LogP contribution in [0.25, 0.3) is 0 Å². The lowest BCUT2D eigenvalue weighted by molar-refractivity contribution is -0.384. The summed E-state index contributed by atoms with van der Waals surface area (Å²) in [6.45, 7) is 2.27. The third-order valence-electron chi connectivity index (χ3n) is 2.41. The summed E-state index contributed by atoms with van der Waals surface area (Å²) in [4.78, 5) is 10.5. The van der Waals surface area contributed by atoms with Gasteiger partial charge in [-0.1, -0.05) is 15.9 Å². The zero-order valence-corrected chi connectivity index (χ0v) is 11.2. The summed E-state index contributed by atoms with van der Waals surface area (Å²) in [5.74, 6) is 1.56. The molecule has 2 aromatic rings. The minimum absolute atomic E-state index is 0.0349. The number of hydrogen-bond donors (Lipinski definition) is 1. The molecule has 0 atom stereocenters. The third kappa shape index (κ3) is 2.89. The first-order valence-corrected chi connectivity index (χ1v) is 6.08. The quantitative estimate of drug-likeness (QED) is 0.687. The molecular weight excluding hydrogens is 300 g/mol. The largest absolute Gasteiger partial charge is 0.465 e. The van der Waals surface area contributed by atoms with Crippen LogP contribution < -0.4 is 5.32 Å². The summed E-state index contributed by atoms with van der Waals surface area (Å²) >= 11 is 3.21. The Labute approximate surface area is 112 Å². The fourth-order valence-electron chi connectivity index (χ4n) is 1.57. The van der Waals surface area contributed by atoms with Crippen LogP contribution in [0.1, 0.15) is 11.5 Å². The normalized spacial score (nSPS) is 10.3. The first-order chi connectivity index (χ1) is 8.56. The Morgan fingerprint density at radius 2 is 2.17 bits per heavy atom. The lowest BCUT2D eigenvalue weighted by Crippen LogP contribution is -2.01. The molecule has 0 unspecified atom stereocenters. The van der Waals surface area contributed by atoms with Gasteiger partial charge in [0.25, 0.3) is 5.69 Å². The maximum Gasteiger partial charge on any atom is 0.293 e. The van der Waals surface area contributed by atoms with Gasteiger partial charge >= 0.3 is 0 Å². The van der Waals surface area contributed by atoms with E-state index in [9.17, 15) is 10.1 Å². The van der Waals surface area contributed by atoms with Crippen molar-refractivity contribution in [3.63, 3.8) is 0 Å². The molecule has 0 saturated heterocycles. The Kier molecular flexibility index (Phi) is 3.66. The number of aryl methyl sites for hydroxylation is 1.